The molecule has 3 rings (SSSR count). The van der Waals surface area contributed by atoms with Crippen LogP contribution in [0.1, 0.15) is 72.3 Å². The lowest BCUT2D eigenvalue weighted by atomic mass is 9.90. The van der Waals surface area contributed by atoms with E-state index in [0.717, 1.165) is 34.2 Å². The Morgan fingerprint density at radius 3 is 2.21 bits per heavy atom. The van der Waals surface area contributed by atoms with Crippen molar-refractivity contribution in [1.82, 2.24) is 15.1 Å². The number of carbonyl (C=O) groups excluding carboxylic acids is 3. The van der Waals surface area contributed by atoms with Gasteiger partial charge in [-0.3, -0.25) is 9.59 Å². The number of benzene rings is 2. The van der Waals surface area contributed by atoms with Crippen molar-refractivity contribution in [3.63, 3.8) is 0 Å². The molecule has 1 aromatic heterocycles. The number of aromatic nitrogens is 2. The first-order valence-electron chi connectivity index (χ1n) is 13.3. The minimum atomic E-state index is -0.615. The van der Waals surface area contributed by atoms with Gasteiger partial charge in [-0.25, -0.2) is 4.79 Å². The molecule has 2 N–H and O–H groups in total. The predicted molar refractivity (Wildman–Crippen MR) is 153 cm³/mol. The Morgan fingerprint density at radius 2 is 1.59 bits per heavy atom. The zero-order valence-electron chi connectivity index (χ0n) is 23.8. The van der Waals surface area contributed by atoms with Gasteiger partial charge in [0, 0.05) is 30.4 Å². The van der Waals surface area contributed by atoms with Crippen LogP contribution >= 0.6 is 0 Å². The molecule has 8 heteroatoms. The van der Waals surface area contributed by atoms with Crippen LogP contribution in [0.15, 0.2) is 67.0 Å². The number of ether oxygens (including phenoxy) is 1. The molecule has 1 unspecified atom stereocenters. The quantitative estimate of drug-likeness (QED) is 0.333. The van der Waals surface area contributed by atoms with Crippen LogP contribution in [-0.2, 0) is 14.3 Å². The van der Waals surface area contributed by atoms with Gasteiger partial charge in [-0.2, -0.15) is 9.78 Å². The first-order chi connectivity index (χ1) is 18.3. The maximum atomic E-state index is 13.3. The average Bonchev–Trinajstić information content (AvgIpc) is 3.34. The molecule has 1 atom stereocenters. The minimum Gasteiger partial charge on any atom is -0.442 e. The molecule has 0 saturated carbocycles. The molecule has 2 amide bonds. The van der Waals surface area contributed by atoms with Crippen molar-refractivity contribution in [2.45, 2.75) is 72.3 Å². The van der Waals surface area contributed by atoms with Crippen LogP contribution in [0.4, 0.5) is 10.5 Å². The zero-order chi connectivity index (χ0) is 28.6. The first-order valence-corrected chi connectivity index (χ1v) is 13.3. The third-order valence-electron chi connectivity index (χ3n) is 6.00. The number of hydrogen-bond acceptors (Lipinski definition) is 5. The third-order valence-corrected chi connectivity index (χ3v) is 6.00. The summed E-state index contributed by atoms with van der Waals surface area (Å²) in [6, 6.07) is 16.7. The maximum Gasteiger partial charge on any atom is 0.435 e. The Bertz CT molecular complexity index is 1250. The van der Waals surface area contributed by atoms with E-state index in [1.54, 1.807) is 45.3 Å². The summed E-state index contributed by atoms with van der Waals surface area (Å²) in [6.07, 6.45) is 4.85. The topological polar surface area (TPSA) is 102 Å². The Morgan fingerprint density at radius 1 is 0.923 bits per heavy atom. The number of nitrogens with one attached hydrogen (secondary N) is 2. The summed E-state index contributed by atoms with van der Waals surface area (Å²) in [5.74, 6) is -0.796. The van der Waals surface area contributed by atoms with Gasteiger partial charge in [0.2, 0.25) is 11.8 Å². The fraction of sp³-hybridized carbons (Fsp3) is 0.419. The molecule has 3 aromatic rings. The number of anilines is 1. The van der Waals surface area contributed by atoms with Crippen molar-refractivity contribution in [3.8, 4) is 11.1 Å². The van der Waals surface area contributed by atoms with E-state index in [4.69, 9.17) is 4.74 Å². The van der Waals surface area contributed by atoms with Gasteiger partial charge in [-0.15, -0.1) is 0 Å². The molecule has 39 heavy (non-hydrogen) atoms. The van der Waals surface area contributed by atoms with E-state index in [9.17, 15) is 14.4 Å². The predicted octanol–water partition coefficient (Wildman–Crippen LogP) is 6.39. The highest BCUT2D eigenvalue weighted by atomic mass is 16.6. The lowest BCUT2D eigenvalue weighted by Gasteiger charge is -2.19. The molecule has 0 aliphatic carbocycles. The van der Waals surface area contributed by atoms with Gasteiger partial charge in [-0.05, 0) is 62.3 Å². The highest BCUT2D eigenvalue weighted by molar-refractivity contribution is 5.96. The maximum absolute atomic E-state index is 13.3. The van der Waals surface area contributed by atoms with E-state index in [-0.39, 0.29) is 23.8 Å². The average molecular weight is 533 g/mol. The molecular weight excluding hydrogens is 492 g/mol. The molecular formula is C31H40N4O4. The van der Waals surface area contributed by atoms with Crippen LogP contribution < -0.4 is 10.6 Å². The lowest BCUT2D eigenvalue weighted by Crippen LogP contribution is -2.34. The molecule has 0 aliphatic heterocycles. The van der Waals surface area contributed by atoms with Crippen molar-refractivity contribution in [3.05, 3.63) is 72.6 Å². The molecule has 0 fully saturated rings. The van der Waals surface area contributed by atoms with E-state index in [1.165, 1.54) is 0 Å². The summed E-state index contributed by atoms with van der Waals surface area (Å²) in [5.41, 5.74) is 2.60. The highest BCUT2D eigenvalue weighted by Crippen LogP contribution is 2.24. The number of hydrogen-bond donors (Lipinski definition) is 2. The van der Waals surface area contributed by atoms with Crippen molar-refractivity contribution in [2.24, 2.45) is 5.41 Å². The van der Waals surface area contributed by atoms with Crippen LogP contribution in [0.5, 0.6) is 0 Å². The van der Waals surface area contributed by atoms with Crippen molar-refractivity contribution >= 4 is 23.6 Å². The van der Waals surface area contributed by atoms with Crippen LogP contribution in [0.2, 0.25) is 0 Å². The number of nitrogens with zero attached hydrogens (tertiary/aromatic N) is 2. The summed E-state index contributed by atoms with van der Waals surface area (Å²) in [4.78, 5) is 38.0. The normalized spacial score (nSPS) is 12.5. The molecule has 8 nitrogen and oxygen atoms in total. The van der Waals surface area contributed by atoms with Crippen LogP contribution in [0.25, 0.3) is 11.1 Å². The number of amides is 2. The molecule has 0 radical (unpaired) electrons. The van der Waals surface area contributed by atoms with Gasteiger partial charge in [0.25, 0.3) is 0 Å². The number of rotatable bonds is 9. The standard InChI is InChI=1S/C31H40N4O4/c1-30(2,3)18-10-13-27(36)32-20-26(23-11-8-7-9-12-23)28(37)34-25-16-14-22(15-17-25)24-19-33-35(21-24)29(38)39-31(4,5)6/h7-9,11-12,14-17,19,21,26H,10,13,18,20H2,1-6H3,(H,32,36)(H,34,37). The second-order valence-corrected chi connectivity index (χ2v) is 11.9. The monoisotopic (exact) mass is 532 g/mol. The summed E-state index contributed by atoms with van der Waals surface area (Å²) in [6.45, 7) is 12.1. The molecule has 0 spiro atoms. The van der Waals surface area contributed by atoms with Gasteiger partial charge in [0.1, 0.15) is 5.60 Å². The van der Waals surface area contributed by atoms with Gasteiger partial charge in [0.05, 0.1) is 12.1 Å². The van der Waals surface area contributed by atoms with Crippen LogP contribution in [-0.4, -0.2) is 39.8 Å². The summed E-state index contributed by atoms with van der Waals surface area (Å²) >= 11 is 0. The minimum absolute atomic E-state index is 0.0516. The first kappa shape index (κ1) is 29.6. The Balaban J connectivity index is 1.64. The Labute approximate surface area is 231 Å². The molecule has 0 aliphatic rings. The van der Waals surface area contributed by atoms with E-state index in [1.807, 2.05) is 42.5 Å². The van der Waals surface area contributed by atoms with Crippen molar-refractivity contribution in [1.29, 1.82) is 0 Å². The SMILES string of the molecule is CC(C)(C)CCCC(=O)NCC(C(=O)Nc1ccc(-c2cnn(C(=O)OC(C)(C)C)c2)cc1)c1ccccc1. The molecule has 0 bridgehead atoms. The van der Waals surface area contributed by atoms with Crippen LogP contribution in [0.3, 0.4) is 0 Å². The van der Waals surface area contributed by atoms with Crippen molar-refractivity contribution in [2.75, 3.05) is 11.9 Å². The van der Waals surface area contributed by atoms with Gasteiger partial charge < -0.3 is 15.4 Å². The van der Waals surface area contributed by atoms with Gasteiger partial charge in [0.15, 0.2) is 0 Å². The molecule has 0 saturated heterocycles. The lowest BCUT2D eigenvalue weighted by molar-refractivity contribution is -0.121. The number of carbonyl (C=O) groups is 3. The third kappa shape index (κ3) is 9.71. The fourth-order valence-corrected chi connectivity index (χ4v) is 3.99. The smallest absolute Gasteiger partial charge is 0.435 e. The van der Waals surface area contributed by atoms with E-state index < -0.39 is 17.6 Å². The van der Waals surface area contributed by atoms with Crippen molar-refractivity contribution < 1.29 is 19.1 Å². The molecule has 208 valence electrons. The molecule has 1 heterocycles. The highest BCUT2D eigenvalue weighted by Gasteiger charge is 2.22. The largest absolute Gasteiger partial charge is 0.442 e. The van der Waals surface area contributed by atoms with E-state index in [0.29, 0.717) is 12.1 Å². The van der Waals surface area contributed by atoms with E-state index in [2.05, 4.69) is 36.5 Å². The van der Waals surface area contributed by atoms with Gasteiger partial charge in [-0.1, -0.05) is 63.2 Å². The van der Waals surface area contributed by atoms with Crippen LogP contribution in [0, 0.1) is 5.41 Å². The van der Waals surface area contributed by atoms with E-state index >= 15 is 0 Å². The second-order valence-electron chi connectivity index (χ2n) is 11.9. The fourth-order valence-electron chi connectivity index (χ4n) is 3.99. The summed E-state index contributed by atoms with van der Waals surface area (Å²) < 4.78 is 6.51. The zero-order valence-corrected chi connectivity index (χ0v) is 23.8. The Hall–Kier alpha value is -3.94. The van der Waals surface area contributed by atoms with Gasteiger partial charge >= 0.3 is 6.09 Å². The summed E-state index contributed by atoms with van der Waals surface area (Å²) in [7, 11) is 0. The Kier molecular flexibility index (Phi) is 9.67. The second kappa shape index (κ2) is 12.7. The summed E-state index contributed by atoms with van der Waals surface area (Å²) in [5, 5.41) is 10.0. The molecule has 2 aromatic carbocycles.